The number of H-pyrrole nitrogens is 1. The van der Waals surface area contributed by atoms with Gasteiger partial charge in [-0.25, -0.2) is 0 Å². The lowest BCUT2D eigenvalue weighted by atomic mass is 10.1. The van der Waals surface area contributed by atoms with Gasteiger partial charge in [0.15, 0.2) is 5.78 Å². The number of ketones is 1. The first kappa shape index (κ1) is 19.4. The molecule has 2 N–H and O–H groups in total. The van der Waals surface area contributed by atoms with Gasteiger partial charge < -0.3 is 15.0 Å². The highest BCUT2D eigenvalue weighted by molar-refractivity contribution is 6.08. The number of amides is 1. The van der Waals surface area contributed by atoms with E-state index in [0.717, 1.165) is 16.5 Å². The van der Waals surface area contributed by atoms with Crippen molar-refractivity contribution in [1.29, 1.82) is 0 Å². The number of aromatic nitrogens is 1. The van der Waals surface area contributed by atoms with Crippen LogP contribution < -0.4 is 0 Å². The van der Waals surface area contributed by atoms with Crippen LogP contribution in [0.25, 0.3) is 10.9 Å². The Balaban J connectivity index is 1.48. The Labute approximate surface area is 169 Å². The molecule has 1 aliphatic heterocycles. The zero-order valence-corrected chi connectivity index (χ0v) is 16.4. The highest BCUT2D eigenvalue weighted by atomic mass is 16.3. The van der Waals surface area contributed by atoms with Gasteiger partial charge in [0.25, 0.3) is 5.91 Å². The zero-order valence-electron chi connectivity index (χ0n) is 16.4. The van der Waals surface area contributed by atoms with Crippen LogP contribution in [0.5, 0.6) is 0 Å². The monoisotopic (exact) mass is 391 g/mol. The van der Waals surface area contributed by atoms with Gasteiger partial charge in [0.05, 0.1) is 24.3 Å². The average molecular weight is 391 g/mol. The van der Waals surface area contributed by atoms with Crippen LogP contribution in [0.4, 0.5) is 0 Å². The molecule has 0 bridgehead atoms. The van der Waals surface area contributed by atoms with E-state index in [1.165, 1.54) is 4.90 Å². The summed E-state index contributed by atoms with van der Waals surface area (Å²) in [6, 6.07) is 16.9. The van der Waals surface area contributed by atoms with Crippen LogP contribution in [0.15, 0.2) is 60.8 Å². The number of nitrogens with zero attached hydrogens (tertiary/aromatic N) is 2. The predicted molar refractivity (Wildman–Crippen MR) is 112 cm³/mol. The summed E-state index contributed by atoms with van der Waals surface area (Å²) in [6.07, 6.45) is 1.28. The summed E-state index contributed by atoms with van der Waals surface area (Å²) < 4.78 is 0. The Morgan fingerprint density at radius 3 is 2.66 bits per heavy atom. The van der Waals surface area contributed by atoms with Gasteiger partial charge in [-0.05, 0) is 18.7 Å². The Kier molecular flexibility index (Phi) is 5.47. The first-order chi connectivity index (χ1) is 14.0. The number of carbonyl (C=O) groups is 2. The number of nitrogens with one attached hydrogen (secondary N) is 1. The van der Waals surface area contributed by atoms with Crippen LogP contribution >= 0.6 is 0 Å². The van der Waals surface area contributed by atoms with E-state index in [1.54, 1.807) is 6.20 Å². The van der Waals surface area contributed by atoms with Crippen LogP contribution in [0.3, 0.4) is 0 Å². The zero-order chi connectivity index (χ0) is 20.4. The Morgan fingerprint density at radius 1 is 1.14 bits per heavy atom. The highest BCUT2D eigenvalue weighted by Gasteiger charge is 2.39. The SMILES string of the molecule is CN(CC(=O)C1C[C@@H](O)CN1C(=O)c1c[nH]c2ccccc12)Cc1ccccc1. The molecule has 0 radical (unpaired) electrons. The minimum atomic E-state index is -0.683. The molecule has 2 aromatic carbocycles. The number of rotatable bonds is 6. The third kappa shape index (κ3) is 4.09. The van der Waals surface area contributed by atoms with Gasteiger partial charge in [0, 0.05) is 36.6 Å². The quantitative estimate of drug-likeness (QED) is 0.677. The molecule has 2 heterocycles. The number of benzene rings is 2. The van der Waals surface area contributed by atoms with E-state index < -0.39 is 12.1 Å². The summed E-state index contributed by atoms with van der Waals surface area (Å²) in [7, 11) is 1.89. The number of Topliss-reactive ketones (excluding diaryl/α,β-unsaturated/α-hetero) is 1. The minimum Gasteiger partial charge on any atom is -0.391 e. The van der Waals surface area contributed by atoms with Gasteiger partial charge >= 0.3 is 0 Å². The average Bonchev–Trinajstić information content (AvgIpc) is 3.32. The van der Waals surface area contributed by atoms with E-state index in [1.807, 2.05) is 66.5 Å². The Bertz CT molecular complexity index is 1010. The van der Waals surface area contributed by atoms with Crippen molar-refractivity contribution in [3.8, 4) is 0 Å². The largest absolute Gasteiger partial charge is 0.391 e. The van der Waals surface area contributed by atoms with Crippen molar-refractivity contribution in [3.05, 3.63) is 71.9 Å². The van der Waals surface area contributed by atoms with E-state index in [4.69, 9.17) is 0 Å². The van der Waals surface area contributed by atoms with Crippen molar-refractivity contribution in [2.45, 2.75) is 25.1 Å². The Morgan fingerprint density at radius 2 is 1.86 bits per heavy atom. The number of aliphatic hydroxyl groups excluding tert-OH is 1. The molecule has 1 amide bonds. The lowest BCUT2D eigenvalue weighted by Crippen LogP contribution is -2.44. The number of para-hydroxylation sites is 1. The van der Waals surface area contributed by atoms with E-state index in [9.17, 15) is 14.7 Å². The maximum Gasteiger partial charge on any atom is 0.256 e. The van der Waals surface area contributed by atoms with Gasteiger partial charge in [-0.1, -0.05) is 48.5 Å². The van der Waals surface area contributed by atoms with E-state index in [-0.39, 0.29) is 31.2 Å². The molecule has 3 aromatic rings. The molecule has 29 heavy (non-hydrogen) atoms. The number of hydrogen-bond donors (Lipinski definition) is 2. The fourth-order valence-corrected chi connectivity index (χ4v) is 4.07. The molecule has 1 unspecified atom stereocenters. The van der Waals surface area contributed by atoms with Crippen LogP contribution in [0, 0.1) is 0 Å². The predicted octanol–water partition coefficient (Wildman–Crippen LogP) is 2.44. The molecule has 0 saturated carbocycles. The van der Waals surface area contributed by atoms with Gasteiger partial charge in [0.1, 0.15) is 0 Å². The van der Waals surface area contributed by atoms with Crippen molar-refractivity contribution < 1.29 is 14.7 Å². The number of carbonyl (C=O) groups excluding carboxylic acids is 2. The fourth-order valence-electron chi connectivity index (χ4n) is 4.07. The Hall–Kier alpha value is -2.96. The fraction of sp³-hybridized carbons (Fsp3) is 0.304. The molecule has 1 aromatic heterocycles. The molecule has 1 saturated heterocycles. The number of likely N-dealkylation sites (N-methyl/N-ethyl adjacent to an activating group) is 1. The standard InChI is InChI=1S/C23H25N3O3/c1-25(13-16-7-3-2-4-8-16)15-22(28)21-11-17(27)14-26(21)23(29)19-12-24-20-10-6-5-9-18(19)20/h2-10,12,17,21,24,27H,11,13-15H2,1H3/t17-,21?/m1/s1. The van der Waals surface area contributed by atoms with Crippen molar-refractivity contribution >= 4 is 22.6 Å². The van der Waals surface area contributed by atoms with Crippen molar-refractivity contribution in [2.75, 3.05) is 20.1 Å². The molecule has 0 spiro atoms. The van der Waals surface area contributed by atoms with Crippen LogP contribution in [0.1, 0.15) is 22.3 Å². The molecule has 6 nitrogen and oxygen atoms in total. The van der Waals surface area contributed by atoms with E-state index >= 15 is 0 Å². The molecule has 2 atom stereocenters. The van der Waals surface area contributed by atoms with Crippen LogP contribution in [-0.2, 0) is 11.3 Å². The molecule has 6 heteroatoms. The van der Waals surface area contributed by atoms with Crippen LogP contribution in [0.2, 0.25) is 0 Å². The smallest absolute Gasteiger partial charge is 0.256 e. The van der Waals surface area contributed by atoms with Crippen molar-refractivity contribution in [2.24, 2.45) is 0 Å². The molecule has 1 fully saturated rings. The van der Waals surface area contributed by atoms with Crippen molar-refractivity contribution in [1.82, 2.24) is 14.8 Å². The molecular formula is C23H25N3O3. The third-order valence-electron chi connectivity index (χ3n) is 5.45. The molecule has 4 rings (SSSR count). The lowest BCUT2D eigenvalue weighted by molar-refractivity contribution is -0.123. The summed E-state index contributed by atoms with van der Waals surface area (Å²) in [5, 5.41) is 11.0. The molecule has 0 aliphatic carbocycles. The summed E-state index contributed by atoms with van der Waals surface area (Å²) in [6.45, 7) is 1.05. The van der Waals surface area contributed by atoms with Gasteiger partial charge in [-0.15, -0.1) is 0 Å². The second-order valence-electron chi connectivity index (χ2n) is 7.73. The second-order valence-corrected chi connectivity index (χ2v) is 7.73. The maximum absolute atomic E-state index is 13.2. The number of aromatic amines is 1. The number of likely N-dealkylation sites (tertiary alicyclic amines) is 1. The van der Waals surface area contributed by atoms with Crippen molar-refractivity contribution in [3.63, 3.8) is 0 Å². The van der Waals surface area contributed by atoms with E-state index in [2.05, 4.69) is 4.98 Å². The number of fused-ring (bicyclic) bond motifs is 1. The molecule has 150 valence electrons. The topological polar surface area (TPSA) is 76.6 Å². The summed E-state index contributed by atoms with van der Waals surface area (Å²) in [5.74, 6) is -0.267. The van der Waals surface area contributed by atoms with Gasteiger partial charge in [0.2, 0.25) is 0 Å². The van der Waals surface area contributed by atoms with Gasteiger partial charge in [-0.3, -0.25) is 14.5 Å². The maximum atomic E-state index is 13.2. The number of aliphatic hydroxyl groups is 1. The number of hydrogen-bond acceptors (Lipinski definition) is 4. The summed E-state index contributed by atoms with van der Waals surface area (Å²) >= 11 is 0. The third-order valence-corrected chi connectivity index (χ3v) is 5.45. The molecular weight excluding hydrogens is 366 g/mol. The number of β-amino-alcohol motifs (C(OH)–C–C–N with tert-alkyl or cyclic N) is 1. The first-order valence-electron chi connectivity index (χ1n) is 9.83. The van der Waals surface area contributed by atoms with E-state index in [0.29, 0.717) is 12.1 Å². The normalized spacial score (nSPS) is 19.2. The summed E-state index contributed by atoms with van der Waals surface area (Å²) in [4.78, 5) is 32.7. The summed E-state index contributed by atoms with van der Waals surface area (Å²) in [5.41, 5.74) is 2.53. The first-order valence-corrected chi connectivity index (χ1v) is 9.83. The second kappa shape index (κ2) is 8.19. The van der Waals surface area contributed by atoms with Gasteiger partial charge in [-0.2, -0.15) is 0 Å². The minimum absolute atomic E-state index is 0.0480. The van der Waals surface area contributed by atoms with Crippen LogP contribution in [-0.4, -0.2) is 63.9 Å². The highest BCUT2D eigenvalue weighted by Crippen LogP contribution is 2.25. The lowest BCUT2D eigenvalue weighted by Gasteiger charge is -2.25. The molecule has 1 aliphatic rings.